The maximum absolute atomic E-state index is 10.7. The predicted molar refractivity (Wildman–Crippen MR) is 91.2 cm³/mol. The summed E-state index contributed by atoms with van der Waals surface area (Å²) < 4.78 is 1.62. The molecule has 0 fully saturated rings. The summed E-state index contributed by atoms with van der Waals surface area (Å²) in [6, 6.07) is 10.0. The van der Waals surface area contributed by atoms with E-state index in [-0.39, 0.29) is 6.04 Å². The fourth-order valence-corrected chi connectivity index (χ4v) is 2.78. The Kier molecular flexibility index (Phi) is 5.76. The van der Waals surface area contributed by atoms with Gasteiger partial charge in [-0.2, -0.15) is 5.10 Å². The maximum atomic E-state index is 10.7. The molecule has 0 aliphatic carbocycles. The number of nitrogens with two attached hydrogens (primary N) is 1. The molecule has 0 spiro atoms. The van der Waals surface area contributed by atoms with Gasteiger partial charge in [0.25, 0.3) is 0 Å². The quantitative estimate of drug-likeness (QED) is 0.651. The molecular weight excluding hydrogens is 292 g/mol. The number of amides is 1. The summed E-state index contributed by atoms with van der Waals surface area (Å²) in [4.78, 5) is 10.7. The summed E-state index contributed by atoms with van der Waals surface area (Å²) in [6.45, 7) is 3.51. The standard InChI is InChI=1S/C17H24N4O2/c1-12-16(19-11-22)17(18)21(20-12)15(13(2)23)10-6-9-14-7-4-3-5-8-14/h3-5,7-8,11,13,15,23H,6,9-10,18H2,1-2H3,(H,19,22). The zero-order valence-electron chi connectivity index (χ0n) is 13.6. The molecule has 0 bridgehead atoms. The van der Waals surface area contributed by atoms with E-state index in [1.807, 2.05) is 18.2 Å². The van der Waals surface area contributed by atoms with Crippen molar-refractivity contribution in [2.45, 2.75) is 45.3 Å². The topological polar surface area (TPSA) is 93.2 Å². The van der Waals surface area contributed by atoms with E-state index in [0.717, 1.165) is 19.3 Å². The molecule has 124 valence electrons. The van der Waals surface area contributed by atoms with Gasteiger partial charge in [-0.05, 0) is 38.7 Å². The number of rotatable bonds is 8. The predicted octanol–water partition coefficient (Wildman–Crippen LogP) is 2.29. The molecule has 4 N–H and O–H groups in total. The molecule has 2 unspecified atom stereocenters. The van der Waals surface area contributed by atoms with Gasteiger partial charge in [0, 0.05) is 0 Å². The number of aliphatic hydroxyl groups excluding tert-OH is 1. The van der Waals surface area contributed by atoms with Gasteiger partial charge in [0.1, 0.15) is 11.5 Å². The highest BCUT2D eigenvalue weighted by Crippen LogP contribution is 2.29. The average molecular weight is 316 g/mol. The second kappa shape index (κ2) is 7.78. The van der Waals surface area contributed by atoms with Crippen molar-refractivity contribution in [1.82, 2.24) is 9.78 Å². The number of anilines is 2. The lowest BCUT2D eigenvalue weighted by Gasteiger charge is -2.21. The normalized spacial score (nSPS) is 13.5. The Balaban J connectivity index is 2.09. The summed E-state index contributed by atoms with van der Waals surface area (Å²) in [7, 11) is 0. The third kappa shape index (κ3) is 4.10. The minimum absolute atomic E-state index is 0.223. The molecule has 2 atom stereocenters. The number of aliphatic hydroxyl groups is 1. The van der Waals surface area contributed by atoms with E-state index in [4.69, 9.17) is 5.73 Å². The monoisotopic (exact) mass is 316 g/mol. The van der Waals surface area contributed by atoms with Gasteiger partial charge in [-0.3, -0.25) is 4.79 Å². The van der Waals surface area contributed by atoms with Gasteiger partial charge in [-0.15, -0.1) is 0 Å². The van der Waals surface area contributed by atoms with Crippen LogP contribution in [0.5, 0.6) is 0 Å². The Morgan fingerprint density at radius 3 is 2.70 bits per heavy atom. The van der Waals surface area contributed by atoms with Crippen LogP contribution in [-0.2, 0) is 11.2 Å². The highest BCUT2D eigenvalue weighted by molar-refractivity contribution is 5.79. The molecule has 1 amide bonds. The van der Waals surface area contributed by atoms with Crippen LogP contribution < -0.4 is 11.1 Å². The Bertz CT molecular complexity index is 638. The Hall–Kier alpha value is -2.34. The number of carbonyl (C=O) groups is 1. The van der Waals surface area contributed by atoms with Crippen molar-refractivity contribution in [2.24, 2.45) is 0 Å². The number of nitrogen functional groups attached to an aromatic ring is 1. The minimum Gasteiger partial charge on any atom is -0.391 e. The maximum Gasteiger partial charge on any atom is 0.211 e. The summed E-state index contributed by atoms with van der Waals surface area (Å²) in [5, 5.41) is 17.1. The van der Waals surface area contributed by atoms with E-state index in [2.05, 4.69) is 22.5 Å². The Labute approximate surface area is 136 Å². The van der Waals surface area contributed by atoms with Crippen LogP contribution in [0, 0.1) is 6.92 Å². The van der Waals surface area contributed by atoms with Gasteiger partial charge in [0.05, 0.1) is 17.8 Å². The number of aryl methyl sites for hydroxylation is 2. The molecule has 6 nitrogen and oxygen atoms in total. The van der Waals surface area contributed by atoms with Crippen molar-refractivity contribution in [2.75, 3.05) is 11.1 Å². The largest absolute Gasteiger partial charge is 0.391 e. The van der Waals surface area contributed by atoms with Crippen LogP contribution in [0.25, 0.3) is 0 Å². The van der Waals surface area contributed by atoms with Crippen LogP contribution in [0.15, 0.2) is 30.3 Å². The number of carbonyl (C=O) groups excluding carboxylic acids is 1. The van der Waals surface area contributed by atoms with Gasteiger partial charge in [-0.1, -0.05) is 30.3 Å². The first-order valence-electron chi connectivity index (χ1n) is 7.81. The fourth-order valence-electron chi connectivity index (χ4n) is 2.78. The molecule has 1 aromatic carbocycles. The highest BCUT2D eigenvalue weighted by atomic mass is 16.3. The summed E-state index contributed by atoms with van der Waals surface area (Å²) >= 11 is 0. The van der Waals surface area contributed by atoms with Crippen molar-refractivity contribution in [3.8, 4) is 0 Å². The van der Waals surface area contributed by atoms with Crippen LogP contribution in [-0.4, -0.2) is 27.4 Å². The first-order valence-corrected chi connectivity index (χ1v) is 7.81. The number of nitrogens with one attached hydrogen (secondary N) is 1. The molecule has 2 rings (SSSR count). The van der Waals surface area contributed by atoms with Gasteiger partial charge in [0.15, 0.2) is 0 Å². The molecule has 0 radical (unpaired) electrons. The SMILES string of the molecule is Cc1nn(C(CCCc2ccccc2)C(C)O)c(N)c1NC=O. The number of hydrogen-bond acceptors (Lipinski definition) is 4. The molecule has 0 saturated carbocycles. The van der Waals surface area contributed by atoms with Crippen molar-refractivity contribution in [3.63, 3.8) is 0 Å². The molecule has 0 aliphatic rings. The highest BCUT2D eigenvalue weighted by Gasteiger charge is 2.23. The number of hydrogen-bond donors (Lipinski definition) is 3. The lowest BCUT2D eigenvalue weighted by molar-refractivity contribution is -0.105. The van der Waals surface area contributed by atoms with Gasteiger partial charge < -0.3 is 16.2 Å². The van der Waals surface area contributed by atoms with Gasteiger partial charge in [-0.25, -0.2) is 4.68 Å². The summed E-state index contributed by atoms with van der Waals surface area (Å²) in [5.74, 6) is 0.375. The van der Waals surface area contributed by atoms with Crippen LogP contribution in [0.1, 0.15) is 37.1 Å². The fraction of sp³-hybridized carbons (Fsp3) is 0.412. The van der Waals surface area contributed by atoms with Crippen LogP contribution in [0.2, 0.25) is 0 Å². The van der Waals surface area contributed by atoms with E-state index >= 15 is 0 Å². The van der Waals surface area contributed by atoms with E-state index in [1.54, 1.807) is 18.5 Å². The zero-order valence-corrected chi connectivity index (χ0v) is 13.6. The number of nitrogens with zero attached hydrogens (tertiary/aromatic N) is 2. The molecule has 0 aliphatic heterocycles. The lowest BCUT2D eigenvalue weighted by Crippen LogP contribution is -2.24. The van der Waals surface area contributed by atoms with Crippen LogP contribution >= 0.6 is 0 Å². The molecule has 0 saturated heterocycles. The smallest absolute Gasteiger partial charge is 0.211 e. The van der Waals surface area contributed by atoms with Gasteiger partial charge in [0.2, 0.25) is 6.41 Å². The molecule has 23 heavy (non-hydrogen) atoms. The number of benzene rings is 1. The molecular formula is C17H24N4O2. The van der Waals surface area contributed by atoms with E-state index in [0.29, 0.717) is 23.6 Å². The third-order valence-corrected chi connectivity index (χ3v) is 4.00. The van der Waals surface area contributed by atoms with E-state index in [1.165, 1.54) is 5.56 Å². The molecule has 2 aromatic rings. The van der Waals surface area contributed by atoms with Crippen molar-refractivity contribution in [1.29, 1.82) is 0 Å². The second-order valence-electron chi connectivity index (χ2n) is 5.74. The van der Waals surface area contributed by atoms with Crippen LogP contribution in [0.4, 0.5) is 11.5 Å². The summed E-state index contributed by atoms with van der Waals surface area (Å²) in [5.41, 5.74) is 8.50. The molecule has 6 heteroatoms. The van der Waals surface area contributed by atoms with E-state index in [9.17, 15) is 9.90 Å². The van der Waals surface area contributed by atoms with Crippen molar-refractivity contribution in [3.05, 3.63) is 41.6 Å². The minimum atomic E-state index is -0.587. The van der Waals surface area contributed by atoms with Crippen molar-refractivity contribution < 1.29 is 9.90 Å². The van der Waals surface area contributed by atoms with Crippen molar-refractivity contribution >= 4 is 17.9 Å². The first-order chi connectivity index (χ1) is 11.0. The summed E-state index contributed by atoms with van der Waals surface area (Å²) in [6.07, 6.45) is 2.59. The van der Waals surface area contributed by atoms with Crippen LogP contribution in [0.3, 0.4) is 0 Å². The third-order valence-electron chi connectivity index (χ3n) is 4.00. The Morgan fingerprint density at radius 1 is 1.39 bits per heavy atom. The molecule has 1 heterocycles. The Morgan fingerprint density at radius 2 is 2.09 bits per heavy atom. The first kappa shape index (κ1) is 17.0. The zero-order chi connectivity index (χ0) is 16.8. The van der Waals surface area contributed by atoms with E-state index < -0.39 is 6.10 Å². The lowest BCUT2D eigenvalue weighted by atomic mass is 10.0. The average Bonchev–Trinajstić information content (AvgIpc) is 2.80. The molecule has 1 aromatic heterocycles. The van der Waals surface area contributed by atoms with Gasteiger partial charge >= 0.3 is 0 Å². The second-order valence-corrected chi connectivity index (χ2v) is 5.74. The number of aromatic nitrogens is 2.